The average molecular weight is 371 g/mol. The van der Waals surface area contributed by atoms with Crippen LogP contribution in [0.2, 0.25) is 0 Å². The van der Waals surface area contributed by atoms with E-state index in [4.69, 9.17) is 4.42 Å². The SMILES string of the molecule is CCC(c1cc(C)ccc1S(=O)(=O)O)c1nc(-c2ccccc2)oc1C. The zero-order valence-electron chi connectivity index (χ0n) is 14.9. The Morgan fingerprint density at radius 2 is 1.81 bits per heavy atom. The first-order valence-corrected chi connectivity index (χ1v) is 9.86. The molecular weight excluding hydrogens is 350 g/mol. The molecule has 136 valence electrons. The maximum absolute atomic E-state index is 11.8. The number of oxazole rings is 1. The molecule has 0 amide bonds. The molecule has 0 saturated carbocycles. The molecule has 26 heavy (non-hydrogen) atoms. The molecule has 3 rings (SSSR count). The van der Waals surface area contributed by atoms with Crippen LogP contribution >= 0.6 is 0 Å². The molecule has 0 spiro atoms. The molecule has 0 fully saturated rings. The molecule has 0 aliphatic heterocycles. The zero-order valence-corrected chi connectivity index (χ0v) is 15.7. The smallest absolute Gasteiger partial charge is 0.294 e. The highest BCUT2D eigenvalue weighted by Crippen LogP contribution is 2.36. The number of aryl methyl sites for hydroxylation is 2. The van der Waals surface area contributed by atoms with Crippen LogP contribution in [0.4, 0.5) is 0 Å². The molecule has 0 aliphatic carbocycles. The number of hydrogen-bond acceptors (Lipinski definition) is 4. The fraction of sp³-hybridized carbons (Fsp3) is 0.250. The van der Waals surface area contributed by atoms with Gasteiger partial charge in [-0.15, -0.1) is 0 Å². The third-order valence-electron chi connectivity index (χ3n) is 4.41. The van der Waals surface area contributed by atoms with Crippen LogP contribution in [0.15, 0.2) is 57.8 Å². The van der Waals surface area contributed by atoms with E-state index in [1.807, 2.05) is 51.1 Å². The molecule has 0 bridgehead atoms. The van der Waals surface area contributed by atoms with Gasteiger partial charge in [-0.25, -0.2) is 4.98 Å². The van der Waals surface area contributed by atoms with Crippen molar-refractivity contribution in [2.75, 3.05) is 0 Å². The molecule has 1 aromatic heterocycles. The van der Waals surface area contributed by atoms with E-state index < -0.39 is 10.1 Å². The summed E-state index contributed by atoms with van der Waals surface area (Å²) >= 11 is 0. The van der Waals surface area contributed by atoms with Gasteiger partial charge in [-0.1, -0.05) is 42.8 Å². The van der Waals surface area contributed by atoms with Gasteiger partial charge in [0.15, 0.2) is 0 Å². The second-order valence-electron chi connectivity index (χ2n) is 6.30. The van der Waals surface area contributed by atoms with Gasteiger partial charge in [0.25, 0.3) is 10.1 Å². The molecule has 0 saturated heterocycles. The van der Waals surface area contributed by atoms with E-state index in [1.165, 1.54) is 6.07 Å². The minimum Gasteiger partial charge on any atom is -0.441 e. The molecule has 5 nitrogen and oxygen atoms in total. The van der Waals surface area contributed by atoms with E-state index >= 15 is 0 Å². The van der Waals surface area contributed by atoms with Crippen LogP contribution in [-0.2, 0) is 10.1 Å². The van der Waals surface area contributed by atoms with E-state index in [0.29, 0.717) is 29.3 Å². The lowest BCUT2D eigenvalue weighted by Crippen LogP contribution is -2.10. The highest BCUT2D eigenvalue weighted by Gasteiger charge is 2.27. The molecule has 3 aromatic rings. The highest BCUT2D eigenvalue weighted by atomic mass is 32.2. The molecule has 1 heterocycles. The van der Waals surface area contributed by atoms with Crippen molar-refractivity contribution in [2.24, 2.45) is 0 Å². The normalized spacial score (nSPS) is 12.9. The molecule has 0 aliphatic rings. The lowest BCUT2D eigenvalue weighted by atomic mass is 9.91. The fourth-order valence-corrected chi connectivity index (χ4v) is 3.91. The summed E-state index contributed by atoms with van der Waals surface area (Å²) in [6.45, 7) is 5.66. The minimum absolute atomic E-state index is 0.0846. The molecule has 1 atom stereocenters. The van der Waals surface area contributed by atoms with Gasteiger partial charge in [-0.3, -0.25) is 4.55 Å². The van der Waals surface area contributed by atoms with E-state index in [2.05, 4.69) is 4.98 Å². The standard InChI is InChI=1S/C20H21NO4S/c1-4-16(17-12-13(2)10-11-18(17)26(22,23)24)19-14(3)25-20(21-19)15-8-6-5-7-9-15/h5-12,16H,4H2,1-3H3,(H,22,23,24). The summed E-state index contributed by atoms with van der Waals surface area (Å²) in [6.07, 6.45) is 0.619. The van der Waals surface area contributed by atoms with Gasteiger partial charge in [-0.2, -0.15) is 8.42 Å². The van der Waals surface area contributed by atoms with Gasteiger partial charge in [0.1, 0.15) is 5.76 Å². The second kappa shape index (κ2) is 7.05. The van der Waals surface area contributed by atoms with Gasteiger partial charge in [0, 0.05) is 11.5 Å². The Balaban J connectivity index is 2.15. The van der Waals surface area contributed by atoms with Crippen LogP contribution in [0.5, 0.6) is 0 Å². The highest BCUT2D eigenvalue weighted by molar-refractivity contribution is 7.85. The fourth-order valence-electron chi connectivity index (χ4n) is 3.17. The lowest BCUT2D eigenvalue weighted by molar-refractivity contribution is 0.480. The molecular formula is C20H21NO4S. The van der Waals surface area contributed by atoms with E-state index in [-0.39, 0.29) is 10.8 Å². The van der Waals surface area contributed by atoms with Gasteiger partial charge < -0.3 is 4.42 Å². The Morgan fingerprint density at radius 3 is 2.42 bits per heavy atom. The largest absolute Gasteiger partial charge is 0.441 e. The molecule has 1 N–H and O–H groups in total. The summed E-state index contributed by atoms with van der Waals surface area (Å²) in [5, 5.41) is 0. The van der Waals surface area contributed by atoms with Gasteiger partial charge in [0.05, 0.1) is 10.6 Å². The molecule has 0 radical (unpaired) electrons. The monoisotopic (exact) mass is 371 g/mol. The Labute approximate surface area is 153 Å². The van der Waals surface area contributed by atoms with Crippen LogP contribution < -0.4 is 0 Å². The number of hydrogen-bond donors (Lipinski definition) is 1. The summed E-state index contributed by atoms with van der Waals surface area (Å²) < 4.78 is 39.2. The first kappa shape index (κ1) is 18.4. The first-order chi connectivity index (χ1) is 12.3. The lowest BCUT2D eigenvalue weighted by Gasteiger charge is -2.17. The maximum Gasteiger partial charge on any atom is 0.294 e. The Morgan fingerprint density at radius 1 is 1.12 bits per heavy atom. The predicted octanol–water partition coefficient (Wildman–Crippen LogP) is 4.75. The number of rotatable bonds is 5. The van der Waals surface area contributed by atoms with Crippen molar-refractivity contribution in [1.29, 1.82) is 0 Å². The van der Waals surface area contributed by atoms with Gasteiger partial charge in [0.2, 0.25) is 5.89 Å². The molecule has 1 unspecified atom stereocenters. The van der Waals surface area contributed by atoms with Gasteiger partial charge >= 0.3 is 0 Å². The van der Waals surface area contributed by atoms with Crippen LogP contribution in [0, 0.1) is 13.8 Å². The number of benzene rings is 2. The Kier molecular flexibility index (Phi) is 4.98. The van der Waals surface area contributed by atoms with Crippen molar-refractivity contribution in [3.8, 4) is 11.5 Å². The third-order valence-corrected chi connectivity index (χ3v) is 5.34. The summed E-state index contributed by atoms with van der Waals surface area (Å²) in [6, 6.07) is 14.4. The van der Waals surface area contributed by atoms with Crippen molar-refractivity contribution in [1.82, 2.24) is 4.98 Å². The third kappa shape index (κ3) is 3.57. The van der Waals surface area contributed by atoms with Gasteiger partial charge in [-0.05, 0) is 44.0 Å². The molecule has 6 heteroatoms. The van der Waals surface area contributed by atoms with E-state index in [9.17, 15) is 13.0 Å². The van der Waals surface area contributed by atoms with Crippen LogP contribution in [0.25, 0.3) is 11.5 Å². The van der Waals surface area contributed by atoms with E-state index in [0.717, 1.165) is 11.1 Å². The zero-order chi connectivity index (χ0) is 18.9. The van der Waals surface area contributed by atoms with Crippen molar-refractivity contribution >= 4 is 10.1 Å². The van der Waals surface area contributed by atoms with Crippen LogP contribution in [-0.4, -0.2) is 18.0 Å². The van der Waals surface area contributed by atoms with E-state index in [1.54, 1.807) is 12.1 Å². The summed E-state index contributed by atoms with van der Waals surface area (Å²) in [5.41, 5.74) is 2.99. The maximum atomic E-state index is 11.8. The first-order valence-electron chi connectivity index (χ1n) is 8.42. The number of nitrogens with zero attached hydrogens (tertiary/aromatic N) is 1. The Bertz CT molecular complexity index is 1020. The average Bonchev–Trinajstić information content (AvgIpc) is 2.97. The summed E-state index contributed by atoms with van der Waals surface area (Å²) in [5.74, 6) is 0.837. The topological polar surface area (TPSA) is 80.4 Å². The summed E-state index contributed by atoms with van der Waals surface area (Å²) in [7, 11) is -4.33. The Hall–Kier alpha value is -2.44. The van der Waals surface area contributed by atoms with Crippen molar-refractivity contribution in [3.05, 3.63) is 71.1 Å². The number of aromatic nitrogens is 1. The molecule has 2 aromatic carbocycles. The van der Waals surface area contributed by atoms with Crippen molar-refractivity contribution in [3.63, 3.8) is 0 Å². The van der Waals surface area contributed by atoms with Crippen molar-refractivity contribution < 1.29 is 17.4 Å². The quantitative estimate of drug-likeness (QED) is 0.655. The van der Waals surface area contributed by atoms with Crippen LogP contribution in [0.1, 0.15) is 41.8 Å². The second-order valence-corrected chi connectivity index (χ2v) is 7.69. The predicted molar refractivity (Wildman–Crippen MR) is 99.8 cm³/mol. The summed E-state index contributed by atoms with van der Waals surface area (Å²) in [4.78, 5) is 4.55. The minimum atomic E-state index is -4.33. The van der Waals surface area contributed by atoms with Crippen molar-refractivity contribution in [2.45, 2.75) is 38.0 Å². The van der Waals surface area contributed by atoms with Crippen LogP contribution in [0.3, 0.4) is 0 Å².